The summed E-state index contributed by atoms with van der Waals surface area (Å²) in [4.78, 5) is 12.9. The van der Waals surface area contributed by atoms with Gasteiger partial charge in [-0.2, -0.15) is 18.4 Å². The van der Waals surface area contributed by atoms with Gasteiger partial charge in [-0.15, -0.1) is 0 Å². The lowest BCUT2D eigenvalue weighted by Crippen LogP contribution is -2.28. The number of nitriles is 1. The Labute approximate surface area is 174 Å². The van der Waals surface area contributed by atoms with E-state index in [-0.39, 0.29) is 17.3 Å². The molecule has 0 unspecified atom stereocenters. The summed E-state index contributed by atoms with van der Waals surface area (Å²) < 4.78 is 41.7. The molecule has 3 nitrogen and oxygen atoms in total. The zero-order chi connectivity index (χ0) is 21.3. The molecule has 0 N–H and O–H groups in total. The smallest absolute Gasteiger partial charge is 0.303 e. The number of aromatic nitrogens is 1. The van der Waals surface area contributed by atoms with Gasteiger partial charge < -0.3 is 4.57 Å². The lowest BCUT2D eigenvalue weighted by Gasteiger charge is -2.18. The maximum absolute atomic E-state index is 13.5. The fraction of sp³-hybridized carbons (Fsp3) is 0.143. The average molecular weight is 437 g/mol. The predicted molar refractivity (Wildman–Crippen MR) is 106 cm³/mol. The van der Waals surface area contributed by atoms with Crippen LogP contribution in [0, 0.1) is 18.3 Å². The molecule has 2 aromatic carbocycles. The van der Waals surface area contributed by atoms with E-state index in [9.17, 15) is 23.2 Å². The van der Waals surface area contributed by atoms with Crippen LogP contribution in [0.4, 0.5) is 13.2 Å². The van der Waals surface area contributed by atoms with Crippen molar-refractivity contribution >= 4 is 23.2 Å². The molecule has 0 bridgehead atoms. The first-order valence-corrected chi connectivity index (χ1v) is 9.13. The molecule has 0 aliphatic rings. The summed E-state index contributed by atoms with van der Waals surface area (Å²) >= 11 is 11.9. The van der Waals surface area contributed by atoms with E-state index in [1.807, 2.05) is 0 Å². The second kappa shape index (κ2) is 7.94. The van der Waals surface area contributed by atoms with E-state index in [0.717, 1.165) is 16.2 Å². The maximum atomic E-state index is 13.5. The number of alkyl halides is 3. The van der Waals surface area contributed by atoms with Gasteiger partial charge in [0.1, 0.15) is 11.6 Å². The van der Waals surface area contributed by atoms with Crippen LogP contribution < -0.4 is 5.56 Å². The van der Waals surface area contributed by atoms with Crippen molar-refractivity contribution in [1.82, 2.24) is 4.57 Å². The Kier molecular flexibility index (Phi) is 5.74. The average Bonchev–Trinajstić information content (AvgIpc) is 2.65. The van der Waals surface area contributed by atoms with Gasteiger partial charge in [-0.25, -0.2) is 0 Å². The van der Waals surface area contributed by atoms with E-state index >= 15 is 0 Å². The van der Waals surface area contributed by atoms with Crippen LogP contribution >= 0.6 is 23.2 Å². The normalized spacial score (nSPS) is 11.3. The summed E-state index contributed by atoms with van der Waals surface area (Å²) in [5.74, 6) is 0. The minimum atomic E-state index is -4.84. The number of benzene rings is 2. The quantitative estimate of drug-likeness (QED) is 0.500. The maximum Gasteiger partial charge on any atom is 0.417 e. The van der Waals surface area contributed by atoms with E-state index in [4.69, 9.17) is 23.2 Å². The highest BCUT2D eigenvalue weighted by Gasteiger charge is 2.36. The van der Waals surface area contributed by atoms with Crippen molar-refractivity contribution in [3.8, 4) is 17.3 Å². The Morgan fingerprint density at radius 3 is 2.38 bits per heavy atom. The summed E-state index contributed by atoms with van der Waals surface area (Å²) in [7, 11) is 0. The molecule has 0 fully saturated rings. The highest BCUT2D eigenvalue weighted by molar-refractivity contribution is 6.42. The molecule has 0 amide bonds. The van der Waals surface area contributed by atoms with Crippen LogP contribution in [0.2, 0.25) is 10.0 Å². The minimum absolute atomic E-state index is 0.0519. The number of halogens is 5. The van der Waals surface area contributed by atoms with Gasteiger partial charge in [0.05, 0.1) is 27.8 Å². The van der Waals surface area contributed by atoms with Crippen molar-refractivity contribution in [3.63, 3.8) is 0 Å². The fourth-order valence-electron chi connectivity index (χ4n) is 3.00. The molecular formula is C21H13Cl2F3N2O. The molecule has 3 aromatic rings. The third-order valence-corrected chi connectivity index (χ3v) is 5.09. The van der Waals surface area contributed by atoms with Gasteiger partial charge in [0, 0.05) is 0 Å². The third-order valence-electron chi connectivity index (χ3n) is 4.36. The first kappa shape index (κ1) is 21.0. The summed E-state index contributed by atoms with van der Waals surface area (Å²) in [6.07, 6.45) is -4.84. The van der Waals surface area contributed by atoms with Crippen molar-refractivity contribution in [2.45, 2.75) is 19.6 Å². The molecule has 0 aliphatic carbocycles. The molecule has 1 aromatic heterocycles. The van der Waals surface area contributed by atoms with Crippen LogP contribution in [0.15, 0.2) is 53.3 Å². The zero-order valence-electron chi connectivity index (χ0n) is 15.0. The van der Waals surface area contributed by atoms with E-state index < -0.39 is 22.9 Å². The van der Waals surface area contributed by atoms with E-state index in [0.29, 0.717) is 16.1 Å². The van der Waals surface area contributed by atoms with Crippen molar-refractivity contribution in [2.24, 2.45) is 0 Å². The molecule has 8 heteroatoms. The van der Waals surface area contributed by atoms with Gasteiger partial charge >= 0.3 is 6.18 Å². The minimum Gasteiger partial charge on any atom is -0.303 e. The Balaban J connectivity index is 2.31. The summed E-state index contributed by atoms with van der Waals surface area (Å²) in [6, 6.07) is 13.7. The first-order valence-electron chi connectivity index (χ1n) is 8.38. The topological polar surface area (TPSA) is 45.8 Å². The lowest BCUT2D eigenvalue weighted by atomic mass is 10.0. The number of hydrogen-bond donors (Lipinski definition) is 0. The zero-order valence-corrected chi connectivity index (χ0v) is 16.5. The largest absolute Gasteiger partial charge is 0.417 e. The molecule has 0 spiro atoms. The van der Waals surface area contributed by atoms with Crippen molar-refractivity contribution < 1.29 is 13.2 Å². The van der Waals surface area contributed by atoms with Gasteiger partial charge in [0.15, 0.2) is 0 Å². The number of nitrogens with zero attached hydrogens (tertiary/aromatic N) is 2. The SMILES string of the molecule is Cc1cccc(-c2cc(C(F)(F)F)c(C#N)c(=O)n2Cc2ccc(Cl)c(Cl)c2)c1. The Morgan fingerprint density at radius 2 is 1.79 bits per heavy atom. The van der Waals surface area contributed by atoms with Crippen molar-refractivity contribution in [1.29, 1.82) is 5.26 Å². The molecule has 0 atom stereocenters. The Bertz CT molecular complexity index is 1190. The van der Waals surface area contributed by atoms with Gasteiger partial charge in [-0.05, 0) is 42.3 Å². The number of rotatable bonds is 3. The van der Waals surface area contributed by atoms with Crippen LogP contribution in [0.5, 0.6) is 0 Å². The molecule has 1 heterocycles. The Morgan fingerprint density at radius 1 is 1.07 bits per heavy atom. The van der Waals surface area contributed by atoms with Gasteiger partial charge in [-0.3, -0.25) is 4.79 Å². The summed E-state index contributed by atoms with van der Waals surface area (Å²) in [5, 5.41) is 9.80. The van der Waals surface area contributed by atoms with Gasteiger partial charge in [0.2, 0.25) is 0 Å². The molecule has 0 saturated heterocycles. The predicted octanol–water partition coefficient (Wildman–Crippen LogP) is 6.07. The molecule has 0 saturated carbocycles. The second-order valence-corrected chi connectivity index (χ2v) is 7.25. The van der Waals surface area contributed by atoms with Crippen LogP contribution in [0.1, 0.15) is 22.3 Å². The summed E-state index contributed by atoms with van der Waals surface area (Å²) in [6.45, 7) is 1.71. The van der Waals surface area contributed by atoms with Crippen LogP contribution in [-0.2, 0) is 12.7 Å². The van der Waals surface area contributed by atoms with Crippen molar-refractivity contribution in [3.05, 3.63) is 91.2 Å². The van der Waals surface area contributed by atoms with E-state index in [1.54, 1.807) is 37.3 Å². The van der Waals surface area contributed by atoms with Crippen molar-refractivity contribution in [2.75, 3.05) is 0 Å². The molecule has 148 valence electrons. The van der Waals surface area contributed by atoms with E-state index in [1.165, 1.54) is 18.2 Å². The molecule has 0 radical (unpaired) electrons. The van der Waals surface area contributed by atoms with E-state index in [2.05, 4.69) is 0 Å². The first-order chi connectivity index (χ1) is 13.6. The van der Waals surface area contributed by atoms with Crippen LogP contribution in [0.25, 0.3) is 11.3 Å². The molecule has 0 aliphatic heterocycles. The van der Waals surface area contributed by atoms with Crippen LogP contribution in [-0.4, -0.2) is 4.57 Å². The molecule has 3 rings (SSSR count). The summed E-state index contributed by atoms with van der Waals surface area (Å²) in [5.41, 5.74) is -1.38. The standard InChI is InChI=1S/C21H13Cl2F3N2O/c1-12-3-2-4-14(7-12)19-9-16(21(24,25)26)15(10-27)20(29)28(19)11-13-5-6-17(22)18(23)8-13/h2-9H,11H2,1H3. The third kappa shape index (κ3) is 4.31. The van der Waals surface area contributed by atoms with Gasteiger partial charge in [0.25, 0.3) is 5.56 Å². The van der Waals surface area contributed by atoms with Gasteiger partial charge in [-0.1, -0.05) is 53.0 Å². The second-order valence-electron chi connectivity index (χ2n) is 6.44. The lowest BCUT2D eigenvalue weighted by molar-refractivity contribution is -0.137. The highest BCUT2D eigenvalue weighted by Crippen LogP contribution is 2.34. The monoisotopic (exact) mass is 436 g/mol. The number of hydrogen-bond acceptors (Lipinski definition) is 2. The molecular weight excluding hydrogens is 424 g/mol. The number of aryl methyl sites for hydroxylation is 1. The number of pyridine rings is 1. The fourth-order valence-corrected chi connectivity index (χ4v) is 3.32. The highest BCUT2D eigenvalue weighted by atomic mass is 35.5. The van der Waals surface area contributed by atoms with Crippen LogP contribution in [0.3, 0.4) is 0 Å². The Hall–Kier alpha value is -2.75. The molecule has 29 heavy (non-hydrogen) atoms.